The molecule has 5 heteroatoms. The predicted octanol–water partition coefficient (Wildman–Crippen LogP) is 4.13. The van der Waals surface area contributed by atoms with Crippen LogP contribution in [0.15, 0.2) is 18.2 Å². The first-order valence-electron chi connectivity index (χ1n) is 8.35. The molecule has 0 unspecified atom stereocenters. The number of carbonyl (C=O) groups excluding carboxylic acids is 2. The number of amides is 2. The molecule has 2 N–H and O–H groups in total. The molecule has 2 rings (SSSR count). The van der Waals surface area contributed by atoms with Gasteiger partial charge in [-0.05, 0) is 51.8 Å². The summed E-state index contributed by atoms with van der Waals surface area (Å²) in [5.74, 6) is 0.528. The van der Waals surface area contributed by atoms with E-state index in [2.05, 4.69) is 10.6 Å². The number of Topliss-reactive ketones (excluding diaryl/α,β-unsaturated/α-hetero) is 1. The molecule has 1 aromatic carbocycles. The number of nitrogens with one attached hydrogen (secondary N) is 2. The molecule has 0 aromatic heterocycles. The lowest BCUT2D eigenvalue weighted by Crippen LogP contribution is -2.39. The van der Waals surface area contributed by atoms with Crippen LogP contribution >= 0.6 is 0 Å². The minimum atomic E-state index is -0.244. The van der Waals surface area contributed by atoms with Crippen LogP contribution in [0.3, 0.4) is 0 Å². The van der Waals surface area contributed by atoms with E-state index in [4.69, 9.17) is 4.74 Å². The average Bonchev–Trinajstić information content (AvgIpc) is 2.49. The van der Waals surface area contributed by atoms with Gasteiger partial charge in [-0.15, -0.1) is 0 Å². The number of rotatable bonds is 5. The number of benzene rings is 1. The van der Waals surface area contributed by atoms with E-state index in [0.717, 1.165) is 25.7 Å². The molecule has 1 aromatic rings. The third-order valence-corrected chi connectivity index (χ3v) is 3.94. The van der Waals surface area contributed by atoms with Gasteiger partial charge >= 0.3 is 6.03 Å². The zero-order valence-electron chi connectivity index (χ0n) is 14.1. The summed E-state index contributed by atoms with van der Waals surface area (Å²) in [6, 6.07) is 5.10. The summed E-state index contributed by atoms with van der Waals surface area (Å²) in [6.07, 6.45) is 5.60. The van der Waals surface area contributed by atoms with Gasteiger partial charge in [0.05, 0.1) is 11.8 Å². The summed E-state index contributed by atoms with van der Waals surface area (Å²) in [7, 11) is 0. The molecule has 5 nitrogen and oxygen atoms in total. The average molecular weight is 318 g/mol. The van der Waals surface area contributed by atoms with E-state index in [9.17, 15) is 9.59 Å². The fraction of sp³-hybridized carbons (Fsp3) is 0.556. The standard InChI is InChI=1S/C18H26N2O3/c1-12(2)23-17-10-9-14(13(3)21)11-16(17)20-18(22)19-15-7-5-4-6-8-15/h9-12,15H,4-8H2,1-3H3,(H2,19,20,22). The molecular weight excluding hydrogens is 292 g/mol. The molecule has 23 heavy (non-hydrogen) atoms. The SMILES string of the molecule is CC(=O)c1ccc(OC(C)C)c(NC(=O)NC2CCCCC2)c1. The van der Waals surface area contributed by atoms with Crippen LogP contribution in [0.5, 0.6) is 5.75 Å². The van der Waals surface area contributed by atoms with Gasteiger partial charge in [0.15, 0.2) is 5.78 Å². The van der Waals surface area contributed by atoms with Crippen molar-refractivity contribution in [3.8, 4) is 5.75 Å². The van der Waals surface area contributed by atoms with Crippen molar-refractivity contribution in [2.24, 2.45) is 0 Å². The summed E-state index contributed by atoms with van der Waals surface area (Å²) in [5.41, 5.74) is 1.08. The maximum Gasteiger partial charge on any atom is 0.319 e. The van der Waals surface area contributed by atoms with E-state index >= 15 is 0 Å². The number of anilines is 1. The maximum atomic E-state index is 12.2. The van der Waals surface area contributed by atoms with E-state index in [-0.39, 0.29) is 24.0 Å². The Labute approximate surface area is 137 Å². The van der Waals surface area contributed by atoms with E-state index in [1.54, 1.807) is 18.2 Å². The molecule has 1 aliphatic rings. The number of ether oxygens (including phenoxy) is 1. The Bertz CT molecular complexity index is 563. The van der Waals surface area contributed by atoms with E-state index in [0.29, 0.717) is 17.0 Å². The van der Waals surface area contributed by atoms with Crippen molar-refractivity contribution < 1.29 is 14.3 Å². The second kappa shape index (κ2) is 7.99. The first kappa shape index (κ1) is 17.3. The smallest absolute Gasteiger partial charge is 0.319 e. The molecule has 126 valence electrons. The Kier molecular flexibility index (Phi) is 6.02. The van der Waals surface area contributed by atoms with Crippen molar-refractivity contribution in [1.29, 1.82) is 0 Å². The van der Waals surface area contributed by atoms with Gasteiger partial charge in [0.1, 0.15) is 5.75 Å². The van der Waals surface area contributed by atoms with Gasteiger partial charge in [-0.1, -0.05) is 19.3 Å². The topological polar surface area (TPSA) is 67.4 Å². The number of hydrogen-bond acceptors (Lipinski definition) is 3. The quantitative estimate of drug-likeness (QED) is 0.802. The lowest BCUT2D eigenvalue weighted by molar-refractivity contribution is 0.101. The van der Waals surface area contributed by atoms with Crippen LogP contribution in [-0.2, 0) is 0 Å². The molecule has 0 aliphatic heterocycles. The Morgan fingerprint density at radius 1 is 1.17 bits per heavy atom. The fourth-order valence-corrected chi connectivity index (χ4v) is 2.79. The normalized spacial score (nSPS) is 15.3. The lowest BCUT2D eigenvalue weighted by atomic mass is 9.96. The molecule has 0 bridgehead atoms. The monoisotopic (exact) mass is 318 g/mol. The molecular formula is C18H26N2O3. The number of carbonyl (C=O) groups is 2. The van der Waals surface area contributed by atoms with Gasteiger partial charge in [-0.2, -0.15) is 0 Å². The van der Waals surface area contributed by atoms with Crippen LogP contribution in [0, 0.1) is 0 Å². The summed E-state index contributed by atoms with van der Waals surface area (Å²) >= 11 is 0. The summed E-state index contributed by atoms with van der Waals surface area (Å²) < 4.78 is 5.72. The van der Waals surface area contributed by atoms with Crippen molar-refractivity contribution in [3.63, 3.8) is 0 Å². The minimum Gasteiger partial charge on any atom is -0.489 e. The Balaban J connectivity index is 2.09. The Morgan fingerprint density at radius 3 is 2.48 bits per heavy atom. The molecule has 1 fully saturated rings. The number of ketones is 1. The van der Waals surface area contributed by atoms with Crippen LogP contribution in [0.4, 0.5) is 10.5 Å². The van der Waals surface area contributed by atoms with E-state index in [1.807, 2.05) is 13.8 Å². The Hall–Kier alpha value is -2.04. The molecule has 1 saturated carbocycles. The van der Waals surface area contributed by atoms with Crippen LogP contribution in [-0.4, -0.2) is 24.0 Å². The van der Waals surface area contributed by atoms with Crippen molar-refractivity contribution in [2.45, 2.75) is 65.0 Å². The van der Waals surface area contributed by atoms with Crippen LogP contribution in [0.1, 0.15) is 63.2 Å². The van der Waals surface area contributed by atoms with Crippen LogP contribution < -0.4 is 15.4 Å². The number of hydrogen-bond donors (Lipinski definition) is 2. The zero-order chi connectivity index (χ0) is 16.8. The highest BCUT2D eigenvalue weighted by atomic mass is 16.5. The molecule has 2 amide bonds. The molecule has 0 radical (unpaired) electrons. The van der Waals surface area contributed by atoms with Gasteiger partial charge < -0.3 is 15.4 Å². The summed E-state index contributed by atoms with van der Waals surface area (Å²) in [6.45, 7) is 5.35. The third-order valence-electron chi connectivity index (χ3n) is 3.94. The van der Waals surface area contributed by atoms with Crippen molar-refractivity contribution in [2.75, 3.05) is 5.32 Å². The van der Waals surface area contributed by atoms with E-state index < -0.39 is 0 Å². The zero-order valence-corrected chi connectivity index (χ0v) is 14.1. The molecule has 1 aliphatic carbocycles. The Morgan fingerprint density at radius 2 is 1.87 bits per heavy atom. The largest absolute Gasteiger partial charge is 0.489 e. The molecule has 0 atom stereocenters. The predicted molar refractivity (Wildman–Crippen MR) is 91.2 cm³/mol. The van der Waals surface area contributed by atoms with Crippen LogP contribution in [0.2, 0.25) is 0 Å². The number of urea groups is 1. The highest BCUT2D eigenvalue weighted by Crippen LogP contribution is 2.27. The minimum absolute atomic E-state index is 0.0138. The highest BCUT2D eigenvalue weighted by Gasteiger charge is 2.17. The first-order valence-corrected chi connectivity index (χ1v) is 8.35. The molecule has 0 heterocycles. The molecule has 0 spiro atoms. The van der Waals surface area contributed by atoms with Gasteiger partial charge in [-0.3, -0.25) is 4.79 Å². The van der Waals surface area contributed by atoms with Crippen LogP contribution in [0.25, 0.3) is 0 Å². The van der Waals surface area contributed by atoms with Gasteiger partial charge in [0.2, 0.25) is 0 Å². The highest BCUT2D eigenvalue weighted by molar-refractivity contribution is 5.98. The third kappa shape index (κ3) is 5.27. The van der Waals surface area contributed by atoms with Crippen molar-refractivity contribution in [3.05, 3.63) is 23.8 Å². The lowest BCUT2D eigenvalue weighted by Gasteiger charge is -2.23. The van der Waals surface area contributed by atoms with Gasteiger partial charge in [-0.25, -0.2) is 4.79 Å². The maximum absolute atomic E-state index is 12.2. The van der Waals surface area contributed by atoms with Crippen molar-refractivity contribution in [1.82, 2.24) is 5.32 Å². The van der Waals surface area contributed by atoms with E-state index in [1.165, 1.54) is 13.3 Å². The second-order valence-electron chi connectivity index (χ2n) is 6.37. The summed E-state index contributed by atoms with van der Waals surface area (Å²) in [4.78, 5) is 23.8. The van der Waals surface area contributed by atoms with Gasteiger partial charge in [0.25, 0.3) is 0 Å². The molecule has 0 saturated heterocycles. The first-order chi connectivity index (χ1) is 11.0. The summed E-state index contributed by atoms with van der Waals surface area (Å²) in [5, 5.41) is 5.84. The van der Waals surface area contributed by atoms with Crippen molar-refractivity contribution >= 4 is 17.5 Å². The second-order valence-corrected chi connectivity index (χ2v) is 6.37. The fourth-order valence-electron chi connectivity index (χ4n) is 2.79. The van der Waals surface area contributed by atoms with Gasteiger partial charge in [0, 0.05) is 11.6 Å².